The number of benzene rings is 1. The quantitative estimate of drug-likeness (QED) is 0.887. The fraction of sp³-hybridized carbons (Fsp3) is 0.522. The zero-order valence-corrected chi connectivity index (χ0v) is 16.7. The molecule has 3 heterocycles. The predicted octanol–water partition coefficient (Wildman–Crippen LogP) is 2.91. The lowest BCUT2D eigenvalue weighted by molar-refractivity contribution is 0.0532. The molecule has 5 heteroatoms. The van der Waals surface area contributed by atoms with Gasteiger partial charge in [0, 0.05) is 43.5 Å². The molecule has 28 heavy (non-hydrogen) atoms. The number of nitrogens with zero attached hydrogens (tertiary/aromatic N) is 2. The third-order valence-electron chi connectivity index (χ3n) is 6.91. The van der Waals surface area contributed by atoms with Crippen LogP contribution in [0.25, 0.3) is 0 Å². The third-order valence-corrected chi connectivity index (χ3v) is 6.91. The van der Waals surface area contributed by atoms with E-state index in [2.05, 4.69) is 65.0 Å². The Morgan fingerprint density at radius 3 is 2.75 bits per heavy atom. The van der Waals surface area contributed by atoms with Gasteiger partial charge in [-0.15, -0.1) is 0 Å². The molecule has 1 aromatic heterocycles. The Bertz CT molecular complexity index is 896. The molecule has 0 bridgehead atoms. The number of aromatic amines is 1. The van der Waals surface area contributed by atoms with Crippen molar-refractivity contribution in [1.29, 1.82) is 0 Å². The largest absolute Gasteiger partial charge is 0.375 e. The molecule has 0 spiro atoms. The third kappa shape index (κ3) is 3.22. The van der Waals surface area contributed by atoms with Gasteiger partial charge < -0.3 is 19.5 Å². The van der Waals surface area contributed by atoms with Gasteiger partial charge in [0.2, 0.25) is 0 Å². The van der Waals surface area contributed by atoms with Crippen molar-refractivity contribution in [3.8, 4) is 0 Å². The van der Waals surface area contributed by atoms with Crippen LogP contribution in [-0.2, 0) is 11.2 Å². The first-order valence-corrected chi connectivity index (χ1v) is 10.5. The minimum Gasteiger partial charge on any atom is -0.375 e. The summed E-state index contributed by atoms with van der Waals surface area (Å²) in [5, 5.41) is 0. The van der Waals surface area contributed by atoms with E-state index < -0.39 is 0 Å². The summed E-state index contributed by atoms with van der Waals surface area (Å²) in [5.41, 5.74) is 2.37. The standard InChI is InChI=1S/C23H29N3O2/c1-15-13-25(8-9-28-15)18-11-21(24-22(27)12-18)26-14-19-16(2)23(19)20(26)10-17-6-4-3-5-7-17/h3-7,11-12,15-16,19-20,23H,8-10,13-14H2,1-2H3,(H,24,27)/t15-,16-,19+,20-,23?/m1/s1. The Morgan fingerprint density at radius 2 is 1.96 bits per heavy atom. The van der Waals surface area contributed by atoms with Crippen LogP contribution >= 0.6 is 0 Å². The van der Waals surface area contributed by atoms with Crippen LogP contribution in [0.4, 0.5) is 11.5 Å². The molecular formula is C23H29N3O2. The Morgan fingerprint density at radius 1 is 1.14 bits per heavy atom. The van der Waals surface area contributed by atoms with E-state index in [-0.39, 0.29) is 11.7 Å². The number of hydrogen-bond acceptors (Lipinski definition) is 4. The fourth-order valence-corrected chi connectivity index (χ4v) is 5.36. The maximum atomic E-state index is 12.5. The van der Waals surface area contributed by atoms with Gasteiger partial charge in [0.15, 0.2) is 0 Å². The number of H-pyrrole nitrogens is 1. The van der Waals surface area contributed by atoms with Crippen LogP contribution in [0.5, 0.6) is 0 Å². The molecule has 148 valence electrons. The van der Waals surface area contributed by atoms with Crippen molar-refractivity contribution < 1.29 is 4.74 Å². The molecule has 3 aliphatic rings. The summed E-state index contributed by atoms with van der Waals surface area (Å²) in [6.07, 6.45) is 1.23. The van der Waals surface area contributed by atoms with Crippen molar-refractivity contribution in [1.82, 2.24) is 4.98 Å². The SMILES string of the molecule is C[C@@H]1CN(c2cc(N3C[C@@H]4C([C@H]3Cc3ccccc3)[C@@H]4C)[nH]c(=O)c2)CCO1. The normalized spacial score (nSPS) is 31.7. The maximum Gasteiger partial charge on any atom is 0.251 e. The molecular weight excluding hydrogens is 350 g/mol. The highest BCUT2D eigenvalue weighted by Gasteiger charge is 2.58. The van der Waals surface area contributed by atoms with Gasteiger partial charge in [0.1, 0.15) is 5.82 Å². The van der Waals surface area contributed by atoms with E-state index in [1.807, 2.05) is 0 Å². The summed E-state index contributed by atoms with van der Waals surface area (Å²) in [7, 11) is 0. The van der Waals surface area contributed by atoms with E-state index in [0.29, 0.717) is 12.6 Å². The van der Waals surface area contributed by atoms with E-state index in [0.717, 1.165) is 55.3 Å². The zero-order valence-electron chi connectivity index (χ0n) is 16.7. The smallest absolute Gasteiger partial charge is 0.251 e. The number of aromatic nitrogens is 1. The van der Waals surface area contributed by atoms with E-state index in [1.165, 1.54) is 5.56 Å². The van der Waals surface area contributed by atoms with Gasteiger partial charge in [0.25, 0.3) is 5.56 Å². The summed E-state index contributed by atoms with van der Waals surface area (Å²) in [5.74, 6) is 3.25. The van der Waals surface area contributed by atoms with Gasteiger partial charge in [0.05, 0.1) is 12.7 Å². The summed E-state index contributed by atoms with van der Waals surface area (Å²) in [4.78, 5) is 20.3. The Labute approximate surface area is 166 Å². The second-order valence-electron chi connectivity index (χ2n) is 8.73. The van der Waals surface area contributed by atoms with E-state index in [4.69, 9.17) is 4.74 Å². The molecule has 5 nitrogen and oxygen atoms in total. The lowest BCUT2D eigenvalue weighted by atomic mass is 10.0. The molecule has 1 N–H and O–H groups in total. The highest BCUT2D eigenvalue weighted by Crippen LogP contribution is 2.56. The molecule has 2 aliphatic heterocycles. The van der Waals surface area contributed by atoms with Crippen molar-refractivity contribution in [2.24, 2.45) is 17.8 Å². The van der Waals surface area contributed by atoms with Gasteiger partial charge in [-0.1, -0.05) is 37.3 Å². The number of nitrogens with one attached hydrogen (secondary N) is 1. The number of rotatable bonds is 4. The van der Waals surface area contributed by atoms with Crippen molar-refractivity contribution in [3.05, 3.63) is 58.4 Å². The van der Waals surface area contributed by atoms with Crippen LogP contribution < -0.4 is 15.4 Å². The van der Waals surface area contributed by atoms with E-state index >= 15 is 0 Å². The van der Waals surface area contributed by atoms with Crippen LogP contribution in [0.3, 0.4) is 0 Å². The molecule has 1 aliphatic carbocycles. The van der Waals surface area contributed by atoms with Crippen molar-refractivity contribution >= 4 is 11.5 Å². The lowest BCUT2D eigenvalue weighted by Crippen LogP contribution is -2.42. The fourth-order valence-electron chi connectivity index (χ4n) is 5.36. The molecule has 0 amide bonds. The van der Waals surface area contributed by atoms with Gasteiger partial charge in [-0.25, -0.2) is 0 Å². The summed E-state index contributed by atoms with van der Waals surface area (Å²) in [6.45, 7) is 7.89. The molecule has 1 unspecified atom stereocenters. The molecule has 3 fully saturated rings. The number of ether oxygens (including phenoxy) is 1. The number of anilines is 2. The lowest BCUT2D eigenvalue weighted by Gasteiger charge is -2.34. The molecule has 2 saturated heterocycles. The first-order chi connectivity index (χ1) is 13.6. The second-order valence-corrected chi connectivity index (χ2v) is 8.73. The second kappa shape index (κ2) is 6.96. The first-order valence-electron chi connectivity index (χ1n) is 10.5. The predicted molar refractivity (Wildman–Crippen MR) is 112 cm³/mol. The monoisotopic (exact) mass is 379 g/mol. The van der Waals surface area contributed by atoms with Crippen LogP contribution in [0, 0.1) is 17.8 Å². The van der Waals surface area contributed by atoms with Crippen molar-refractivity contribution in [3.63, 3.8) is 0 Å². The van der Waals surface area contributed by atoms with Gasteiger partial charge in [-0.05, 0) is 36.7 Å². The number of hydrogen-bond donors (Lipinski definition) is 1. The summed E-state index contributed by atoms with van der Waals surface area (Å²) >= 11 is 0. The van der Waals surface area contributed by atoms with Gasteiger partial charge in [-0.2, -0.15) is 0 Å². The highest BCUT2D eigenvalue weighted by molar-refractivity contribution is 5.57. The molecule has 1 aromatic carbocycles. The Balaban J connectivity index is 1.43. The minimum atomic E-state index is -0.0151. The summed E-state index contributed by atoms with van der Waals surface area (Å²) in [6, 6.07) is 15.1. The average molecular weight is 380 g/mol. The first kappa shape index (κ1) is 17.8. The average Bonchev–Trinajstić information content (AvgIpc) is 3.16. The van der Waals surface area contributed by atoms with Gasteiger partial charge >= 0.3 is 0 Å². The number of pyridine rings is 1. The van der Waals surface area contributed by atoms with Crippen LogP contribution in [0.1, 0.15) is 19.4 Å². The summed E-state index contributed by atoms with van der Waals surface area (Å²) < 4.78 is 5.67. The van der Waals surface area contributed by atoms with Crippen LogP contribution in [-0.4, -0.2) is 43.4 Å². The molecule has 1 saturated carbocycles. The van der Waals surface area contributed by atoms with Gasteiger partial charge in [-0.3, -0.25) is 4.79 Å². The molecule has 0 radical (unpaired) electrons. The van der Waals surface area contributed by atoms with Crippen LogP contribution in [0.15, 0.2) is 47.3 Å². The Kier molecular flexibility index (Phi) is 4.43. The maximum absolute atomic E-state index is 12.5. The highest BCUT2D eigenvalue weighted by atomic mass is 16.5. The number of piperidine rings is 1. The van der Waals surface area contributed by atoms with Crippen molar-refractivity contribution in [2.75, 3.05) is 36.0 Å². The Hall–Kier alpha value is -2.27. The number of fused-ring (bicyclic) bond motifs is 1. The molecule has 5 atom stereocenters. The van der Waals surface area contributed by atoms with E-state index in [9.17, 15) is 4.79 Å². The molecule has 2 aromatic rings. The molecule has 5 rings (SSSR count). The topological polar surface area (TPSA) is 48.6 Å². The van der Waals surface area contributed by atoms with Crippen LogP contribution in [0.2, 0.25) is 0 Å². The number of morpholine rings is 1. The minimum absolute atomic E-state index is 0.0151. The van der Waals surface area contributed by atoms with E-state index in [1.54, 1.807) is 6.07 Å². The zero-order chi connectivity index (χ0) is 19.3. The van der Waals surface area contributed by atoms with Crippen molar-refractivity contribution in [2.45, 2.75) is 32.4 Å².